The molecule has 2 rings (SSSR count). The number of benzene rings is 1. The lowest BCUT2D eigenvalue weighted by Gasteiger charge is -2.23. The highest BCUT2D eigenvalue weighted by molar-refractivity contribution is 5.80. The summed E-state index contributed by atoms with van der Waals surface area (Å²) < 4.78 is 10.7. The molecule has 0 aromatic heterocycles. The van der Waals surface area contributed by atoms with Crippen molar-refractivity contribution in [3.8, 4) is 6.07 Å². The number of nitrogens with one attached hydrogen (secondary N) is 1. The van der Waals surface area contributed by atoms with Crippen molar-refractivity contribution in [1.82, 2.24) is 0 Å². The van der Waals surface area contributed by atoms with Crippen LogP contribution in [-0.2, 0) is 14.3 Å². The zero-order chi connectivity index (χ0) is 14.4. The Kier molecular flexibility index (Phi) is 4.97. The molecule has 0 bridgehead atoms. The summed E-state index contributed by atoms with van der Waals surface area (Å²) in [6.45, 7) is 2.80. The Morgan fingerprint density at radius 3 is 2.85 bits per heavy atom. The summed E-state index contributed by atoms with van der Waals surface area (Å²) in [4.78, 5) is 12.0. The van der Waals surface area contributed by atoms with Gasteiger partial charge in [-0.2, -0.15) is 5.26 Å². The molecule has 1 unspecified atom stereocenters. The van der Waals surface area contributed by atoms with Crippen molar-refractivity contribution in [2.75, 3.05) is 18.5 Å². The molecule has 0 spiro atoms. The molecule has 1 heterocycles. The van der Waals surface area contributed by atoms with E-state index >= 15 is 0 Å². The van der Waals surface area contributed by atoms with Gasteiger partial charge in [-0.3, -0.25) is 0 Å². The summed E-state index contributed by atoms with van der Waals surface area (Å²) >= 11 is 0. The minimum absolute atomic E-state index is 0.162. The molecule has 0 aliphatic carbocycles. The van der Waals surface area contributed by atoms with Gasteiger partial charge in [-0.25, -0.2) is 4.79 Å². The van der Waals surface area contributed by atoms with E-state index in [0.29, 0.717) is 18.8 Å². The molecule has 1 aliphatic rings. The summed E-state index contributed by atoms with van der Waals surface area (Å²) in [5, 5.41) is 11.9. The number of anilines is 1. The number of hydrogen-bond acceptors (Lipinski definition) is 5. The van der Waals surface area contributed by atoms with Gasteiger partial charge in [0.1, 0.15) is 0 Å². The van der Waals surface area contributed by atoms with E-state index in [9.17, 15) is 4.79 Å². The first kappa shape index (κ1) is 14.4. The van der Waals surface area contributed by atoms with Crippen LogP contribution in [0.3, 0.4) is 0 Å². The monoisotopic (exact) mass is 274 g/mol. The zero-order valence-electron chi connectivity index (χ0n) is 11.5. The van der Waals surface area contributed by atoms with Crippen molar-refractivity contribution in [2.24, 2.45) is 0 Å². The maximum atomic E-state index is 12.0. The molecule has 1 saturated heterocycles. The first-order valence-electron chi connectivity index (χ1n) is 6.79. The van der Waals surface area contributed by atoms with Crippen molar-refractivity contribution in [3.05, 3.63) is 29.8 Å². The van der Waals surface area contributed by atoms with Gasteiger partial charge in [-0.05, 0) is 44.0 Å². The molecule has 1 fully saturated rings. The molecule has 1 aliphatic heterocycles. The maximum absolute atomic E-state index is 12.0. The van der Waals surface area contributed by atoms with Crippen molar-refractivity contribution in [2.45, 2.75) is 31.9 Å². The largest absolute Gasteiger partial charge is 0.464 e. The van der Waals surface area contributed by atoms with E-state index in [2.05, 4.69) is 11.4 Å². The van der Waals surface area contributed by atoms with E-state index in [1.54, 1.807) is 31.2 Å². The van der Waals surface area contributed by atoms with Crippen LogP contribution in [-0.4, -0.2) is 31.3 Å². The fraction of sp³-hybridized carbons (Fsp3) is 0.467. The van der Waals surface area contributed by atoms with Gasteiger partial charge in [0.05, 0.1) is 24.3 Å². The number of carbonyl (C=O) groups excluding carboxylic acids is 1. The highest BCUT2D eigenvalue weighted by Crippen LogP contribution is 2.20. The lowest BCUT2D eigenvalue weighted by atomic mass is 10.1. The number of nitriles is 1. The molecule has 1 aromatic carbocycles. The average Bonchev–Trinajstić information content (AvgIpc) is 2.99. The fourth-order valence-electron chi connectivity index (χ4n) is 2.22. The predicted octanol–water partition coefficient (Wildman–Crippen LogP) is 2.08. The highest BCUT2D eigenvalue weighted by Gasteiger charge is 2.32. The second-order valence-electron chi connectivity index (χ2n) is 4.61. The molecule has 0 amide bonds. The molecule has 5 heteroatoms. The number of carbonyl (C=O) groups is 1. The molecule has 20 heavy (non-hydrogen) atoms. The Bertz CT molecular complexity index is 487. The Morgan fingerprint density at radius 1 is 1.55 bits per heavy atom. The smallest absolute Gasteiger partial charge is 0.331 e. The van der Waals surface area contributed by atoms with Crippen molar-refractivity contribution in [1.29, 1.82) is 5.26 Å². The quantitative estimate of drug-likeness (QED) is 0.832. The second kappa shape index (κ2) is 6.92. The molecular formula is C15H18N2O3. The third-order valence-electron chi connectivity index (χ3n) is 3.21. The van der Waals surface area contributed by atoms with E-state index in [0.717, 1.165) is 18.5 Å². The summed E-state index contributed by atoms with van der Waals surface area (Å²) in [6.07, 6.45) is 1.63. The Balaban J connectivity index is 2.09. The first-order chi connectivity index (χ1) is 9.74. The minimum Gasteiger partial charge on any atom is -0.464 e. The molecule has 0 saturated carbocycles. The van der Waals surface area contributed by atoms with Crippen LogP contribution in [0.5, 0.6) is 0 Å². The van der Waals surface area contributed by atoms with Crippen LogP contribution in [0, 0.1) is 11.3 Å². The summed E-state index contributed by atoms with van der Waals surface area (Å²) in [6, 6.07) is 8.52. The zero-order valence-corrected chi connectivity index (χ0v) is 11.5. The van der Waals surface area contributed by atoms with Crippen LogP contribution in [0.1, 0.15) is 25.3 Å². The Morgan fingerprint density at radius 2 is 2.30 bits per heavy atom. The third kappa shape index (κ3) is 3.49. The normalized spacial score (nSPS) is 19.1. The molecule has 5 nitrogen and oxygen atoms in total. The lowest BCUT2D eigenvalue weighted by Crippen LogP contribution is -2.41. The van der Waals surface area contributed by atoms with Crippen LogP contribution in [0.4, 0.5) is 5.69 Å². The van der Waals surface area contributed by atoms with Crippen LogP contribution in [0.15, 0.2) is 24.3 Å². The second-order valence-corrected chi connectivity index (χ2v) is 4.61. The van der Waals surface area contributed by atoms with E-state index in [4.69, 9.17) is 14.7 Å². The number of ether oxygens (including phenoxy) is 2. The van der Waals surface area contributed by atoms with E-state index in [1.807, 2.05) is 0 Å². The molecule has 106 valence electrons. The topological polar surface area (TPSA) is 71.3 Å². The van der Waals surface area contributed by atoms with Crippen LogP contribution < -0.4 is 5.32 Å². The molecular weight excluding hydrogens is 256 g/mol. The average molecular weight is 274 g/mol. The van der Waals surface area contributed by atoms with Gasteiger partial charge >= 0.3 is 5.97 Å². The Hall–Kier alpha value is -2.06. The summed E-state index contributed by atoms with van der Waals surface area (Å²) in [7, 11) is 0. The minimum atomic E-state index is -0.509. The molecule has 1 N–H and O–H groups in total. The summed E-state index contributed by atoms with van der Waals surface area (Å²) in [5.74, 6) is -0.302. The van der Waals surface area contributed by atoms with E-state index < -0.39 is 6.04 Å². The number of esters is 1. The van der Waals surface area contributed by atoms with Gasteiger partial charge in [0.25, 0.3) is 0 Å². The van der Waals surface area contributed by atoms with Gasteiger partial charge in [0.15, 0.2) is 6.04 Å². The fourth-order valence-corrected chi connectivity index (χ4v) is 2.22. The van der Waals surface area contributed by atoms with Gasteiger partial charge in [0, 0.05) is 12.3 Å². The third-order valence-corrected chi connectivity index (χ3v) is 3.21. The van der Waals surface area contributed by atoms with Gasteiger partial charge < -0.3 is 14.8 Å². The number of nitrogens with zero attached hydrogens (tertiary/aromatic N) is 1. The van der Waals surface area contributed by atoms with Gasteiger partial charge in [0.2, 0.25) is 0 Å². The van der Waals surface area contributed by atoms with Gasteiger partial charge in [-0.1, -0.05) is 0 Å². The van der Waals surface area contributed by atoms with Crippen LogP contribution in [0.25, 0.3) is 0 Å². The van der Waals surface area contributed by atoms with Crippen LogP contribution >= 0.6 is 0 Å². The lowest BCUT2D eigenvalue weighted by molar-refractivity contribution is -0.146. The van der Waals surface area contributed by atoms with Crippen molar-refractivity contribution >= 4 is 11.7 Å². The number of rotatable bonds is 5. The highest BCUT2D eigenvalue weighted by atomic mass is 16.5. The van der Waals surface area contributed by atoms with Crippen molar-refractivity contribution in [3.63, 3.8) is 0 Å². The first-order valence-corrected chi connectivity index (χ1v) is 6.79. The molecule has 2 atom stereocenters. The van der Waals surface area contributed by atoms with E-state index in [-0.39, 0.29) is 12.1 Å². The molecule has 1 aromatic rings. The van der Waals surface area contributed by atoms with Gasteiger partial charge in [-0.15, -0.1) is 0 Å². The standard InChI is InChI=1S/C15H18N2O3/c1-2-19-15(18)14(13-4-3-9-20-13)17-12-7-5-11(10-16)6-8-12/h5-8,13-14,17H,2-4,9H2,1H3/t13?,14-/m0/s1. The number of hydrogen-bond donors (Lipinski definition) is 1. The molecule has 0 radical (unpaired) electrons. The van der Waals surface area contributed by atoms with Crippen LogP contribution in [0.2, 0.25) is 0 Å². The van der Waals surface area contributed by atoms with Crippen molar-refractivity contribution < 1.29 is 14.3 Å². The maximum Gasteiger partial charge on any atom is 0.331 e. The predicted molar refractivity (Wildman–Crippen MR) is 74.2 cm³/mol. The summed E-state index contributed by atoms with van der Waals surface area (Å²) in [5.41, 5.74) is 1.36. The Labute approximate surface area is 118 Å². The SMILES string of the molecule is CCOC(=O)[C@@H](Nc1ccc(C#N)cc1)C1CCCO1. The van der Waals surface area contributed by atoms with E-state index in [1.165, 1.54) is 0 Å².